The minimum Gasteiger partial charge on any atom is -0.456 e. The van der Waals surface area contributed by atoms with Crippen LogP contribution in [-0.4, -0.2) is 11.6 Å². The zero-order chi connectivity index (χ0) is 11.6. The number of carbonyl (C=O) groups excluding carboxylic acids is 1. The summed E-state index contributed by atoms with van der Waals surface area (Å²) in [4.78, 5) is 11.8. The maximum absolute atomic E-state index is 11.8. The second-order valence-electron chi connectivity index (χ2n) is 4.54. The first kappa shape index (κ1) is 11.6. The molecule has 0 aliphatic heterocycles. The number of hydrogen-bond donors (Lipinski definition) is 1. The topological polar surface area (TPSA) is 52.3 Å². The first-order valence-corrected chi connectivity index (χ1v) is 4.90. The molecule has 0 saturated carbocycles. The van der Waals surface area contributed by atoms with Crippen molar-refractivity contribution < 1.29 is 9.53 Å². The fourth-order valence-electron chi connectivity index (χ4n) is 1.30. The van der Waals surface area contributed by atoms with Crippen molar-refractivity contribution in [2.75, 3.05) is 5.73 Å². The minimum absolute atomic E-state index is 0.363. The largest absolute Gasteiger partial charge is 0.456 e. The number of nitrogens with two attached hydrogens (primary N) is 1. The van der Waals surface area contributed by atoms with E-state index in [2.05, 4.69) is 0 Å². The molecule has 0 heterocycles. The van der Waals surface area contributed by atoms with E-state index in [1.807, 2.05) is 39.8 Å². The summed E-state index contributed by atoms with van der Waals surface area (Å²) >= 11 is 0. The summed E-state index contributed by atoms with van der Waals surface area (Å²) in [5.74, 6) is -0.363. The van der Waals surface area contributed by atoms with Gasteiger partial charge in [-0.05, 0) is 39.3 Å². The van der Waals surface area contributed by atoms with Gasteiger partial charge in [-0.15, -0.1) is 0 Å². The van der Waals surface area contributed by atoms with Crippen molar-refractivity contribution in [3.8, 4) is 0 Å². The highest BCUT2D eigenvalue weighted by Gasteiger charge is 2.20. The summed E-state index contributed by atoms with van der Waals surface area (Å²) in [6.07, 6.45) is 0. The third kappa shape index (κ3) is 2.98. The van der Waals surface area contributed by atoms with E-state index < -0.39 is 5.60 Å². The lowest BCUT2D eigenvalue weighted by atomic mass is 10.1. The molecule has 1 aromatic carbocycles. The lowest BCUT2D eigenvalue weighted by Crippen LogP contribution is -2.25. The van der Waals surface area contributed by atoms with Gasteiger partial charge in [-0.3, -0.25) is 0 Å². The molecule has 0 radical (unpaired) electrons. The van der Waals surface area contributed by atoms with Crippen LogP contribution in [0.2, 0.25) is 0 Å². The van der Waals surface area contributed by atoms with Crippen LogP contribution in [-0.2, 0) is 4.74 Å². The number of nitrogen functional groups attached to an aromatic ring is 1. The van der Waals surface area contributed by atoms with Gasteiger partial charge in [0.2, 0.25) is 0 Å². The molecule has 82 valence electrons. The number of hydrogen-bond acceptors (Lipinski definition) is 3. The monoisotopic (exact) mass is 207 g/mol. The van der Waals surface area contributed by atoms with Crippen molar-refractivity contribution in [1.82, 2.24) is 0 Å². The van der Waals surface area contributed by atoms with E-state index in [1.165, 1.54) is 0 Å². The van der Waals surface area contributed by atoms with Crippen molar-refractivity contribution in [2.24, 2.45) is 0 Å². The Hall–Kier alpha value is -1.51. The van der Waals surface area contributed by atoms with Gasteiger partial charge >= 0.3 is 5.97 Å². The molecule has 0 amide bonds. The standard InChI is InChI=1S/C12H17NO2/c1-8-6-5-7-9(13)10(8)11(14)15-12(2,3)4/h5-7H,13H2,1-4H3. The Morgan fingerprint density at radius 1 is 1.33 bits per heavy atom. The van der Waals surface area contributed by atoms with Crippen LogP contribution < -0.4 is 5.73 Å². The van der Waals surface area contributed by atoms with E-state index in [-0.39, 0.29) is 5.97 Å². The number of rotatable bonds is 1. The fourth-order valence-corrected chi connectivity index (χ4v) is 1.30. The first-order chi connectivity index (χ1) is 6.81. The zero-order valence-corrected chi connectivity index (χ0v) is 9.63. The van der Waals surface area contributed by atoms with E-state index >= 15 is 0 Å². The van der Waals surface area contributed by atoms with Crippen LogP contribution >= 0.6 is 0 Å². The molecule has 0 spiro atoms. The van der Waals surface area contributed by atoms with Gasteiger partial charge in [-0.2, -0.15) is 0 Å². The van der Waals surface area contributed by atoms with Crippen molar-refractivity contribution >= 4 is 11.7 Å². The molecule has 0 fully saturated rings. The normalized spacial score (nSPS) is 11.2. The van der Waals surface area contributed by atoms with Gasteiger partial charge in [0.1, 0.15) is 5.60 Å². The Morgan fingerprint density at radius 2 is 1.93 bits per heavy atom. The number of ether oxygens (including phenoxy) is 1. The zero-order valence-electron chi connectivity index (χ0n) is 9.63. The maximum atomic E-state index is 11.8. The summed E-state index contributed by atoms with van der Waals surface area (Å²) in [5, 5.41) is 0. The quantitative estimate of drug-likeness (QED) is 0.568. The smallest absolute Gasteiger partial charge is 0.341 e. The molecule has 3 heteroatoms. The molecule has 2 N–H and O–H groups in total. The third-order valence-electron chi connectivity index (χ3n) is 1.91. The van der Waals surface area contributed by atoms with Crippen molar-refractivity contribution in [1.29, 1.82) is 0 Å². The van der Waals surface area contributed by atoms with Crippen LogP contribution in [0.15, 0.2) is 18.2 Å². The summed E-state index contributed by atoms with van der Waals surface area (Å²) in [6.45, 7) is 7.34. The highest BCUT2D eigenvalue weighted by molar-refractivity contribution is 5.96. The molecule has 0 aromatic heterocycles. The van der Waals surface area contributed by atoms with Crippen molar-refractivity contribution in [3.63, 3.8) is 0 Å². The van der Waals surface area contributed by atoms with Crippen LogP contribution in [0, 0.1) is 6.92 Å². The van der Waals surface area contributed by atoms with Gasteiger partial charge in [0.25, 0.3) is 0 Å². The number of carbonyl (C=O) groups is 1. The molecule has 0 aliphatic carbocycles. The maximum Gasteiger partial charge on any atom is 0.341 e. The van der Waals surface area contributed by atoms with Crippen LogP contribution in [0.5, 0.6) is 0 Å². The molecular formula is C12H17NO2. The highest BCUT2D eigenvalue weighted by Crippen LogP contribution is 2.20. The molecule has 1 rings (SSSR count). The Balaban J connectivity index is 3.02. The lowest BCUT2D eigenvalue weighted by Gasteiger charge is -2.20. The Kier molecular flexibility index (Phi) is 3.03. The van der Waals surface area contributed by atoms with E-state index in [1.54, 1.807) is 6.07 Å². The average molecular weight is 207 g/mol. The summed E-state index contributed by atoms with van der Waals surface area (Å²) in [5.41, 5.74) is 7.01. The van der Waals surface area contributed by atoms with Crippen molar-refractivity contribution in [3.05, 3.63) is 29.3 Å². The highest BCUT2D eigenvalue weighted by atomic mass is 16.6. The van der Waals surface area contributed by atoms with Gasteiger partial charge in [0, 0.05) is 5.69 Å². The van der Waals surface area contributed by atoms with Crippen molar-refractivity contribution in [2.45, 2.75) is 33.3 Å². The fraction of sp³-hybridized carbons (Fsp3) is 0.417. The first-order valence-electron chi connectivity index (χ1n) is 4.90. The minimum atomic E-state index is -0.494. The molecule has 0 atom stereocenters. The predicted molar refractivity (Wildman–Crippen MR) is 60.8 cm³/mol. The van der Waals surface area contributed by atoms with Crippen LogP contribution in [0.1, 0.15) is 36.7 Å². The van der Waals surface area contributed by atoms with Crippen LogP contribution in [0.25, 0.3) is 0 Å². The van der Waals surface area contributed by atoms with Gasteiger partial charge in [-0.25, -0.2) is 4.79 Å². The number of anilines is 1. The number of aryl methyl sites for hydroxylation is 1. The Labute approximate surface area is 90.2 Å². The van der Waals surface area contributed by atoms with E-state index in [0.717, 1.165) is 5.56 Å². The van der Waals surface area contributed by atoms with Gasteiger partial charge in [0.15, 0.2) is 0 Å². The molecule has 1 aromatic rings. The molecule has 0 aliphatic rings. The molecule has 0 saturated heterocycles. The summed E-state index contributed by atoms with van der Waals surface area (Å²) in [7, 11) is 0. The third-order valence-corrected chi connectivity index (χ3v) is 1.91. The second kappa shape index (κ2) is 3.93. The summed E-state index contributed by atoms with van der Waals surface area (Å²) < 4.78 is 5.27. The van der Waals surface area contributed by atoms with Crippen LogP contribution in [0.3, 0.4) is 0 Å². The average Bonchev–Trinajstić information content (AvgIpc) is 1.99. The van der Waals surface area contributed by atoms with Crippen LogP contribution in [0.4, 0.5) is 5.69 Å². The predicted octanol–water partition coefficient (Wildman–Crippen LogP) is 2.53. The van der Waals surface area contributed by atoms with Gasteiger partial charge in [0.05, 0.1) is 5.56 Å². The van der Waals surface area contributed by atoms with E-state index in [0.29, 0.717) is 11.3 Å². The van der Waals surface area contributed by atoms with E-state index in [4.69, 9.17) is 10.5 Å². The molecule has 0 unspecified atom stereocenters. The summed E-state index contributed by atoms with van der Waals surface area (Å²) in [6, 6.07) is 5.36. The Bertz CT molecular complexity index is 357. The van der Waals surface area contributed by atoms with Gasteiger partial charge in [-0.1, -0.05) is 12.1 Å². The number of benzene rings is 1. The Morgan fingerprint density at radius 3 is 2.40 bits per heavy atom. The number of esters is 1. The van der Waals surface area contributed by atoms with Gasteiger partial charge < -0.3 is 10.5 Å². The molecular weight excluding hydrogens is 190 g/mol. The molecule has 15 heavy (non-hydrogen) atoms. The second-order valence-corrected chi connectivity index (χ2v) is 4.54. The molecule has 3 nitrogen and oxygen atoms in total. The lowest BCUT2D eigenvalue weighted by molar-refractivity contribution is 0.00701. The van der Waals surface area contributed by atoms with E-state index in [9.17, 15) is 4.79 Å². The molecule has 0 bridgehead atoms. The SMILES string of the molecule is Cc1cccc(N)c1C(=O)OC(C)(C)C.